The molecule has 16 heavy (non-hydrogen) atoms. The van der Waals surface area contributed by atoms with E-state index in [1.165, 1.54) is 11.1 Å². The van der Waals surface area contributed by atoms with Crippen molar-refractivity contribution in [1.82, 2.24) is 0 Å². The van der Waals surface area contributed by atoms with Crippen LogP contribution in [0.5, 0.6) is 0 Å². The highest BCUT2D eigenvalue weighted by molar-refractivity contribution is 5.34. The van der Waals surface area contributed by atoms with E-state index in [-0.39, 0.29) is 0 Å². The van der Waals surface area contributed by atoms with Gasteiger partial charge < -0.3 is 0 Å². The molecule has 0 amide bonds. The van der Waals surface area contributed by atoms with Crippen molar-refractivity contribution in [3.05, 3.63) is 71.8 Å². The van der Waals surface area contributed by atoms with Crippen LogP contribution < -0.4 is 0 Å². The second-order valence-corrected chi connectivity index (χ2v) is 4.13. The van der Waals surface area contributed by atoms with Gasteiger partial charge in [-0.05, 0) is 18.4 Å². The molecule has 1 unspecified atom stereocenters. The molecule has 1 aromatic carbocycles. The van der Waals surface area contributed by atoms with E-state index in [1.54, 1.807) is 0 Å². The van der Waals surface area contributed by atoms with Gasteiger partial charge in [-0.15, -0.1) is 0 Å². The molecule has 0 bridgehead atoms. The molecule has 0 radical (unpaired) electrons. The minimum atomic E-state index is 0.564. The third-order valence-corrected chi connectivity index (χ3v) is 3.08. The maximum atomic E-state index is 2.27. The summed E-state index contributed by atoms with van der Waals surface area (Å²) in [6.45, 7) is 2.26. The fourth-order valence-corrected chi connectivity index (χ4v) is 2.25. The highest BCUT2D eigenvalue weighted by Crippen LogP contribution is 2.30. The van der Waals surface area contributed by atoms with Gasteiger partial charge in [-0.2, -0.15) is 0 Å². The molecular formula is C16H18. The molecule has 0 fully saturated rings. The zero-order valence-electron chi connectivity index (χ0n) is 9.77. The van der Waals surface area contributed by atoms with Crippen LogP contribution in [0, 0.1) is 0 Å². The summed E-state index contributed by atoms with van der Waals surface area (Å²) < 4.78 is 0. The summed E-state index contributed by atoms with van der Waals surface area (Å²) >= 11 is 0. The Balaban J connectivity index is 2.26. The van der Waals surface area contributed by atoms with E-state index >= 15 is 0 Å². The van der Waals surface area contributed by atoms with Crippen LogP contribution in [0.4, 0.5) is 0 Å². The Bertz CT molecular complexity index is 407. The van der Waals surface area contributed by atoms with Gasteiger partial charge in [0.15, 0.2) is 0 Å². The van der Waals surface area contributed by atoms with Gasteiger partial charge in [-0.3, -0.25) is 0 Å². The Kier molecular flexibility index (Phi) is 3.76. The first-order valence-electron chi connectivity index (χ1n) is 5.99. The van der Waals surface area contributed by atoms with Crippen molar-refractivity contribution in [3.8, 4) is 0 Å². The minimum absolute atomic E-state index is 0.564. The quantitative estimate of drug-likeness (QED) is 0.682. The lowest BCUT2D eigenvalue weighted by Gasteiger charge is -2.18. The highest BCUT2D eigenvalue weighted by Gasteiger charge is 2.13. The number of allylic oxidation sites excluding steroid dienone is 6. The number of benzene rings is 1. The summed E-state index contributed by atoms with van der Waals surface area (Å²) in [7, 11) is 0. The molecule has 1 aliphatic rings. The highest BCUT2D eigenvalue weighted by atomic mass is 14.2. The molecule has 2 rings (SSSR count). The van der Waals surface area contributed by atoms with Gasteiger partial charge in [0.1, 0.15) is 0 Å². The summed E-state index contributed by atoms with van der Waals surface area (Å²) in [5, 5.41) is 0. The fraction of sp³-hybridized carbons (Fsp3) is 0.250. The largest absolute Gasteiger partial charge is 0.0804 e. The van der Waals surface area contributed by atoms with Gasteiger partial charge in [-0.1, -0.05) is 73.2 Å². The smallest absolute Gasteiger partial charge is 0.00517 e. The molecule has 0 saturated heterocycles. The average molecular weight is 210 g/mol. The fourth-order valence-electron chi connectivity index (χ4n) is 2.25. The Morgan fingerprint density at radius 3 is 2.62 bits per heavy atom. The van der Waals surface area contributed by atoms with Crippen LogP contribution in [-0.4, -0.2) is 0 Å². The first-order valence-corrected chi connectivity index (χ1v) is 5.99. The van der Waals surface area contributed by atoms with Crippen molar-refractivity contribution in [2.24, 2.45) is 0 Å². The van der Waals surface area contributed by atoms with Gasteiger partial charge in [-0.25, -0.2) is 0 Å². The summed E-state index contributed by atoms with van der Waals surface area (Å²) in [4.78, 5) is 0. The third-order valence-electron chi connectivity index (χ3n) is 3.08. The number of hydrogen-bond acceptors (Lipinski definition) is 0. The second-order valence-electron chi connectivity index (χ2n) is 4.13. The molecule has 0 spiro atoms. The SMILES string of the molecule is CCC(C1=CC=CC=CC1)c1ccccc1. The van der Waals surface area contributed by atoms with E-state index in [1.807, 2.05) is 0 Å². The van der Waals surface area contributed by atoms with Crippen molar-refractivity contribution < 1.29 is 0 Å². The lowest BCUT2D eigenvalue weighted by Crippen LogP contribution is -2.00. The molecule has 0 nitrogen and oxygen atoms in total. The number of rotatable bonds is 3. The predicted molar refractivity (Wildman–Crippen MR) is 70.5 cm³/mol. The van der Waals surface area contributed by atoms with Crippen LogP contribution >= 0.6 is 0 Å². The first kappa shape index (κ1) is 10.9. The topological polar surface area (TPSA) is 0 Å². The molecule has 1 aromatic rings. The Morgan fingerprint density at radius 1 is 1.06 bits per heavy atom. The van der Waals surface area contributed by atoms with E-state index < -0.39 is 0 Å². The van der Waals surface area contributed by atoms with Gasteiger partial charge in [0.2, 0.25) is 0 Å². The molecular weight excluding hydrogens is 192 g/mol. The zero-order chi connectivity index (χ0) is 11.2. The molecule has 0 aromatic heterocycles. The molecule has 0 saturated carbocycles. The maximum absolute atomic E-state index is 2.27. The summed E-state index contributed by atoms with van der Waals surface area (Å²) in [5.41, 5.74) is 2.94. The van der Waals surface area contributed by atoms with Crippen LogP contribution in [0.1, 0.15) is 31.2 Å². The van der Waals surface area contributed by atoms with E-state index in [0.717, 1.165) is 12.8 Å². The molecule has 0 heteroatoms. The lowest BCUT2D eigenvalue weighted by atomic mass is 9.87. The van der Waals surface area contributed by atoms with Crippen molar-refractivity contribution in [1.29, 1.82) is 0 Å². The van der Waals surface area contributed by atoms with Gasteiger partial charge >= 0.3 is 0 Å². The molecule has 0 aliphatic heterocycles. The molecule has 82 valence electrons. The van der Waals surface area contributed by atoms with Crippen LogP contribution in [0.15, 0.2) is 66.3 Å². The summed E-state index contributed by atoms with van der Waals surface area (Å²) in [6, 6.07) is 10.8. The Labute approximate surface area is 98.0 Å². The van der Waals surface area contributed by atoms with E-state index in [9.17, 15) is 0 Å². The average Bonchev–Trinajstić information content (AvgIpc) is 2.61. The van der Waals surface area contributed by atoms with Crippen molar-refractivity contribution >= 4 is 0 Å². The molecule has 0 heterocycles. The Hall–Kier alpha value is -1.56. The van der Waals surface area contributed by atoms with E-state index in [0.29, 0.717) is 5.92 Å². The molecule has 0 N–H and O–H groups in total. The van der Waals surface area contributed by atoms with Gasteiger partial charge in [0, 0.05) is 5.92 Å². The predicted octanol–water partition coefficient (Wildman–Crippen LogP) is 4.62. The van der Waals surface area contributed by atoms with Gasteiger partial charge in [0.05, 0.1) is 0 Å². The van der Waals surface area contributed by atoms with Gasteiger partial charge in [0.25, 0.3) is 0 Å². The second kappa shape index (κ2) is 5.50. The summed E-state index contributed by atoms with van der Waals surface area (Å²) in [6.07, 6.45) is 13.1. The maximum Gasteiger partial charge on any atom is 0.00517 e. The van der Waals surface area contributed by atoms with Crippen LogP contribution in [-0.2, 0) is 0 Å². The third kappa shape index (κ3) is 2.52. The normalized spacial score (nSPS) is 16.7. The van der Waals surface area contributed by atoms with Crippen LogP contribution in [0.25, 0.3) is 0 Å². The molecule has 1 aliphatic carbocycles. The lowest BCUT2D eigenvalue weighted by molar-refractivity contribution is 0.743. The van der Waals surface area contributed by atoms with Crippen molar-refractivity contribution in [3.63, 3.8) is 0 Å². The number of hydrogen-bond donors (Lipinski definition) is 0. The van der Waals surface area contributed by atoms with Crippen molar-refractivity contribution in [2.75, 3.05) is 0 Å². The van der Waals surface area contributed by atoms with Crippen LogP contribution in [0.3, 0.4) is 0 Å². The van der Waals surface area contributed by atoms with Crippen LogP contribution in [0.2, 0.25) is 0 Å². The first-order chi connectivity index (χ1) is 7.92. The van der Waals surface area contributed by atoms with E-state index in [2.05, 4.69) is 67.6 Å². The minimum Gasteiger partial charge on any atom is -0.0804 e. The van der Waals surface area contributed by atoms with Crippen molar-refractivity contribution in [2.45, 2.75) is 25.7 Å². The molecule has 1 atom stereocenters. The monoisotopic (exact) mass is 210 g/mol. The standard InChI is InChI=1S/C16H18/c1-2-16(15-12-8-5-9-13-15)14-10-6-3-4-7-11-14/h3-10,12-13,16H,2,11H2,1H3. The van der Waals surface area contributed by atoms with E-state index in [4.69, 9.17) is 0 Å². The summed E-state index contributed by atoms with van der Waals surface area (Å²) in [5.74, 6) is 0.564. The zero-order valence-corrected chi connectivity index (χ0v) is 9.77. The Morgan fingerprint density at radius 2 is 1.88 bits per heavy atom.